The van der Waals surface area contributed by atoms with Gasteiger partial charge in [0.2, 0.25) is 5.75 Å². The molecule has 0 aliphatic heterocycles. The van der Waals surface area contributed by atoms with Gasteiger partial charge in [-0.1, -0.05) is 18.2 Å². The quantitative estimate of drug-likeness (QED) is 0.507. The molecule has 1 aromatic carbocycles. The number of carboxylic acids is 1. The monoisotopic (exact) mass is 320 g/mol. The van der Waals surface area contributed by atoms with E-state index in [0.29, 0.717) is 6.61 Å². The summed E-state index contributed by atoms with van der Waals surface area (Å²) in [4.78, 5) is 10.4. The third-order valence-corrected chi connectivity index (χ3v) is 3.74. The van der Waals surface area contributed by atoms with E-state index in [0.717, 1.165) is 17.9 Å². The molecule has 0 heterocycles. The van der Waals surface area contributed by atoms with E-state index in [9.17, 15) is 4.79 Å². The van der Waals surface area contributed by atoms with Crippen molar-refractivity contribution in [3.05, 3.63) is 30.3 Å². The highest BCUT2D eigenvalue weighted by Gasteiger charge is 2.15. The van der Waals surface area contributed by atoms with Crippen molar-refractivity contribution < 1.29 is 31.6 Å². The summed E-state index contributed by atoms with van der Waals surface area (Å²) in [6.07, 6.45) is 2.89. The third kappa shape index (κ3) is 8.10. The summed E-state index contributed by atoms with van der Waals surface area (Å²) in [7, 11) is -0.0376. The van der Waals surface area contributed by atoms with Gasteiger partial charge in [-0.3, -0.25) is 0 Å². The van der Waals surface area contributed by atoms with Gasteiger partial charge >= 0.3 is 5.97 Å². The number of para-hydroxylation sites is 1. The predicted molar refractivity (Wildman–Crippen MR) is 67.2 cm³/mol. The fraction of sp³-hybridized carbons (Fsp3) is 0.417. The number of carboxylic acid groups (broad SMARTS) is 1. The van der Waals surface area contributed by atoms with Crippen LogP contribution < -0.4 is 21.7 Å². The first-order valence-electron chi connectivity index (χ1n) is 5.17. The molecule has 0 spiro atoms. The number of halogens is 1. The molecule has 1 atom stereocenters. The molecule has 96 valence electrons. The van der Waals surface area contributed by atoms with Crippen LogP contribution in [0.5, 0.6) is 5.75 Å². The zero-order valence-electron chi connectivity index (χ0n) is 9.77. The maximum atomic E-state index is 10.4. The van der Waals surface area contributed by atoms with Crippen molar-refractivity contribution in [2.24, 2.45) is 0 Å². The molecule has 1 N–H and O–H groups in total. The van der Waals surface area contributed by atoms with Crippen LogP contribution in [0.1, 0.15) is 6.42 Å². The lowest BCUT2D eigenvalue weighted by Crippen LogP contribution is -3.00. The van der Waals surface area contributed by atoms with E-state index in [4.69, 9.17) is 9.84 Å². The molecule has 5 heteroatoms. The lowest BCUT2D eigenvalue weighted by Gasteiger charge is -2.05. The fourth-order valence-electron chi connectivity index (χ4n) is 1.30. The normalized spacial score (nSPS) is 11.4. The number of rotatable bonds is 7. The summed E-state index contributed by atoms with van der Waals surface area (Å²) in [6, 6.07) is 9.66. The van der Waals surface area contributed by atoms with Gasteiger partial charge in [-0.15, -0.1) is 0 Å². The molecule has 1 aromatic rings. The van der Waals surface area contributed by atoms with Crippen LogP contribution in [0, 0.1) is 0 Å². The number of benzene rings is 1. The van der Waals surface area contributed by atoms with Crippen molar-refractivity contribution in [2.75, 3.05) is 24.4 Å². The van der Waals surface area contributed by atoms with Gasteiger partial charge in [0.25, 0.3) is 0 Å². The van der Waals surface area contributed by atoms with Gasteiger partial charge in [-0.25, -0.2) is 4.79 Å². The maximum Gasteiger partial charge on any atom is 0.353 e. The van der Waals surface area contributed by atoms with Crippen LogP contribution in [0.4, 0.5) is 0 Å². The Morgan fingerprint density at radius 3 is 2.59 bits per heavy atom. The minimum Gasteiger partial charge on any atom is -1.00 e. The third-order valence-electron chi connectivity index (χ3n) is 2.02. The lowest BCUT2D eigenvalue weighted by molar-refractivity contribution is -0.133. The molecule has 0 radical (unpaired) electrons. The minimum atomic E-state index is -0.713. The standard InChI is InChI=1S/C12H16O3S.BrH/c1-16(10-12(13)14)9-5-8-15-11-6-3-2-4-7-11;/h2-4,6-7H,5,8-10H2,1H3;1H. The second-order valence-corrected chi connectivity index (χ2v) is 5.80. The smallest absolute Gasteiger partial charge is 0.353 e. The Bertz CT molecular complexity index is 319. The SMILES string of the molecule is C[S+](CCCOc1ccccc1)CC(=O)O.[Br-]. The average molecular weight is 321 g/mol. The minimum absolute atomic E-state index is 0. The average Bonchev–Trinajstić information content (AvgIpc) is 2.25. The van der Waals surface area contributed by atoms with Gasteiger partial charge in [0.15, 0.2) is 0 Å². The van der Waals surface area contributed by atoms with E-state index in [1.165, 1.54) is 0 Å². The van der Waals surface area contributed by atoms with E-state index in [1.54, 1.807) is 0 Å². The van der Waals surface area contributed by atoms with Crippen molar-refractivity contribution >= 4 is 16.9 Å². The molecule has 0 aliphatic rings. The Balaban J connectivity index is 0.00000256. The van der Waals surface area contributed by atoms with Gasteiger partial charge in [-0.05, 0) is 23.0 Å². The molecule has 3 nitrogen and oxygen atoms in total. The molecule has 0 amide bonds. The molecule has 0 aromatic heterocycles. The van der Waals surface area contributed by atoms with Gasteiger partial charge in [-0.2, -0.15) is 0 Å². The Morgan fingerprint density at radius 1 is 1.35 bits per heavy atom. The van der Waals surface area contributed by atoms with Crippen LogP contribution in [0.3, 0.4) is 0 Å². The lowest BCUT2D eigenvalue weighted by atomic mass is 10.3. The van der Waals surface area contributed by atoms with Crippen molar-refractivity contribution in [1.29, 1.82) is 0 Å². The molecule has 0 saturated carbocycles. The van der Waals surface area contributed by atoms with Gasteiger partial charge < -0.3 is 26.8 Å². The molecular formula is C12H17BrO3S. The molecule has 0 saturated heterocycles. The van der Waals surface area contributed by atoms with Crippen molar-refractivity contribution in [3.8, 4) is 5.75 Å². The summed E-state index contributed by atoms with van der Waals surface area (Å²) < 4.78 is 5.52. The molecule has 0 aliphatic carbocycles. The zero-order valence-corrected chi connectivity index (χ0v) is 12.2. The Morgan fingerprint density at radius 2 is 2.00 bits per heavy atom. The highest BCUT2D eigenvalue weighted by atomic mass is 79.9. The van der Waals surface area contributed by atoms with E-state index < -0.39 is 5.97 Å². The van der Waals surface area contributed by atoms with Crippen LogP contribution in [-0.4, -0.2) is 35.4 Å². The van der Waals surface area contributed by atoms with E-state index in [2.05, 4.69) is 0 Å². The summed E-state index contributed by atoms with van der Waals surface area (Å²) >= 11 is 0. The van der Waals surface area contributed by atoms with E-state index in [-0.39, 0.29) is 33.6 Å². The van der Waals surface area contributed by atoms with Gasteiger partial charge in [0, 0.05) is 6.42 Å². The highest BCUT2D eigenvalue weighted by molar-refractivity contribution is 7.96. The first kappa shape index (κ1) is 16.3. The topological polar surface area (TPSA) is 46.5 Å². The zero-order chi connectivity index (χ0) is 11.8. The maximum absolute atomic E-state index is 10.4. The summed E-state index contributed by atoms with van der Waals surface area (Å²) in [5.74, 6) is 1.34. The van der Waals surface area contributed by atoms with E-state index >= 15 is 0 Å². The van der Waals surface area contributed by atoms with Gasteiger partial charge in [0.1, 0.15) is 11.5 Å². The van der Waals surface area contributed by atoms with Crippen LogP contribution >= 0.6 is 0 Å². The Hall–Kier alpha value is -0.680. The molecule has 0 bridgehead atoms. The van der Waals surface area contributed by atoms with Crippen molar-refractivity contribution in [3.63, 3.8) is 0 Å². The number of carbonyl (C=O) groups is 1. The van der Waals surface area contributed by atoms with Crippen LogP contribution in [0.2, 0.25) is 0 Å². The van der Waals surface area contributed by atoms with Crippen LogP contribution in [0.15, 0.2) is 30.3 Å². The van der Waals surface area contributed by atoms with Crippen LogP contribution in [0.25, 0.3) is 0 Å². The fourth-order valence-corrected chi connectivity index (χ4v) is 2.47. The summed E-state index contributed by atoms with van der Waals surface area (Å²) in [5, 5.41) is 8.59. The van der Waals surface area contributed by atoms with Crippen molar-refractivity contribution in [1.82, 2.24) is 0 Å². The number of ether oxygens (including phenoxy) is 1. The molecule has 1 rings (SSSR count). The number of hydrogen-bond acceptors (Lipinski definition) is 2. The first-order chi connectivity index (χ1) is 7.68. The number of hydrogen-bond donors (Lipinski definition) is 1. The van der Waals surface area contributed by atoms with Crippen molar-refractivity contribution in [2.45, 2.75) is 6.42 Å². The first-order valence-corrected chi connectivity index (χ1v) is 7.14. The summed E-state index contributed by atoms with van der Waals surface area (Å²) in [5.41, 5.74) is 0. The Kier molecular flexibility index (Phi) is 8.99. The number of aliphatic carboxylic acids is 1. The molecular weight excluding hydrogens is 304 g/mol. The predicted octanol–water partition coefficient (Wildman–Crippen LogP) is -1.21. The van der Waals surface area contributed by atoms with Gasteiger partial charge in [0.05, 0.1) is 12.9 Å². The molecule has 0 fully saturated rings. The molecule has 17 heavy (non-hydrogen) atoms. The second-order valence-electron chi connectivity index (χ2n) is 3.54. The highest BCUT2D eigenvalue weighted by Crippen LogP contribution is 2.08. The molecule has 1 unspecified atom stereocenters. The van der Waals surface area contributed by atoms with E-state index in [1.807, 2.05) is 36.6 Å². The van der Waals surface area contributed by atoms with Crippen LogP contribution in [-0.2, 0) is 15.7 Å². The summed E-state index contributed by atoms with van der Waals surface area (Å²) in [6.45, 7) is 0.654. The largest absolute Gasteiger partial charge is 1.00 e. The Labute approximate surface area is 115 Å². The second kappa shape index (κ2) is 9.36.